The Balaban J connectivity index is 1.91. The first kappa shape index (κ1) is 16.9. The van der Waals surface area contributed by atoms with Gasteiger partial charge >= 0.3 is 0 Å². The zero-order chi connectivity index (χ0) is 17.5. The van der Waals surface area contributed by atoms with Gasteiger partial charge in [0.1, 0.15) is 5.75 Å². The number of aryl methyl sites for hydroxylation is 1. The second-order valence-corrected chi connectivity index (χ2v) is 5.01. The van der Waals surface area contributed by atoms with Crippen molar-refractivity contribution >= 4 is 23.5 Å². The summed E-state index contributed by atoms with van der Waals surface area (Å²) in [6, 6.07) is 11.1. The summed E-state index contributed by atoms with van der Waals surface area (Å²) >= 11 is 0. The molecule has 0 spiro atoms. The minimum atomic E-state index is -0.596. The number of aromatic hydroxyl groups is 1. The van der Waals surface area contributed by atoms with Crippen LogP contribution >= 0.6 is 0 Å². The topological polar surface area (TPSA) is 117 Å². The lowest BCUT2D eigenvalue weighted by Gasteiger charge is -2.05. The lowest BCUT2D eigenvalue weighted by molar-refractivity contribution is -0.385. The molecule has 1 amide bonds. The normalized spacial score (nSPS) is 10.5. The monoisotopic (exact) mass is 328 g/mol. The van der Waals surface area contributed by atoms with Crippen molar-refractivity contribution in [2.75, 3.05) is 11.9 Å². The number of benzene rings is 2. The standard InChI is InChI=1S/C16H16N4O4/c1-11-2-4-13(5-3-11)17-10-16(22)19-18-9-12-8-14(21)6-7-15(12)20(23)24/h2-9,17,21H,10H2,1H3,(H,19,22)/b18-9+. The Bertz CT molecular complexity index is 772. The molecule has 3 N–H and O–H groups in total. The van der Waals surface area contributed by atoms with Crippen LogP contribution in [0.5, 0.6) is 5.75 Å². The number of nitro groups is 1. The quantitative estimate of drug-likeness (QED) is 0.427. The zero-order valence-corrected chi connectivity index (χ0v) is 12.9. The second-order valence-electron chi connectivity index (χ2n) is 5.01. The van der Waals surface area contributed by atoms with Crippen LogP contribution in [-0.2, 0) is 4.79 Å². The Morgan fingerprint density at radius 2 is 2.00 bits per heavy atom. The van der Waals surface area contributed by atoms with Crippen LogP contribution in [0.3, 0.4) is 0 Å². The molecule has 2 aromatic rings. The largest absolute Gasteiger partial charge is 0.508 e. The molecule has 0 saturated carbocycles. The highest BCUT2D eigenvalue weighted by atomic mass is 16.6. The van der Waals surface area contributed by atoms with E-state index in [-0.39, 0.29) is 23.5 Å². The van der Waals surface area contributed by atoms with Crippen molar-refractivity contribution in [1.82, 2.24) is 5.43 Å². The predicted molar refractivity (Wildman–Crippen MR) is 90.2 cm³/mol. The number of phenols is 1. The van der Waals surface area contributed by atoms with Crippen LogP contribution in [0.25, 0.3) is 0 Å². The smallest absolute Gasteiger partial charge is 0.278 e. The Labute approximate surface area is 138 Å². The predicted octanol–water partition coefficient (Wildman–Crippen LogP) is 2.17. The van der Waals surface area contributed by atoms with Crippen LogP contribution in [0.4, 0.5) is 11.4 Å². The summed E-state index contributed by atoms with van der Waals surface area (Å²) in [5.74, 6) is -0.538. The van der Waals surface area contributed by atoms with Gasteiger partial charge in [0.25, 0.3) is 11.6 Å². The zero-order valence-electron chi connectivity index (χ0n) is 12.9. The first-order valence-corrected chi connectivity index (χ1v) is 7.05. The summed E-state index contributed by atoms with van der Waals surface area (Å²) in [7, 11) is 0. The number of anilines is 1. The van der Waals surface area contributed by atoms with Crippen LogP contribution in [-0.4, -0.2) is 28.7 Å². The van der Waals surface area contributed by atoms with Gasteiger partial charge in [0.2, 0.25) is 0 Å². The molecule has 0 bridgehead atoms. The van der Waals surface area contributed by atoms with Crippen molar-refractivity contribution in [3.63, 3.8) is 0 Å². The van der Waals surface area contributed by atoms with Crippen LogP contribution in [0.1, 0.15) is 11.1 Å². The van der Waals surface area contributed by atoms with Gasteiger partial charge in [-0.3, -0.25) is 14.9 Å². The van der Waals surface area contributed by atoms with Gasteiger partial charge in [-0.25, -0.2) is 5.43 Å². The molecule has 2 rings (SSSR count). The molecule has 8 heteroatoms. The SMILES string of the molecule is Cc1ccc(NCC(=O)N/N=C/c2cc(O)ccc2[N+](=O)[O-])cc1. The average molecular weight is 328 g/mol. The van der Waals surface area contributed by atoms with Crippen molar-refractivity contribution in [2.45, 2.75) is 6.92 Å². The molecule has 0 fully saturated rings. The highest BCUT2D eigenvalue weighted by Crippen LogP contribution is 2.21. The van der Waals surface area contributed by atoms with Crippen molar-refractivity contribution < 1.29 is 14.8 Å². The van der Waals surface area contributed by atoms with Crippen LogP contribution in [0, 0.1) is 17.0 Å². The molecule has 8 nitrogen and oxygen atoms in total. The molecule has 0 heterocycles. The summed E-state index contributed by atoms with van der Waals surface area (Å²) in [5.41, 5.74) is 4.04. The summed E-state index contributed by atoms with van der Waals surface area (Å²) < 4.78 is 0. The first-order chi connectivity index (χ1) is 11.5. The van der Waals surface area contributed by atoms with E-state index in [2.05, 4.69) is 15.8 Å². The molecule has 0 aromatic heterocycles. The van der Waals surface area contributed by atoms with Gasteiger partial charge < -0.3 is 10.4 Å². The Kier molecular flexibility index (Phi) is 5.45. The molecule has 0 aliphatic carbocycles. The fraction of sp³-hybridized carbons (Fsp3) is 0.125. The number of hydrogen-bond donors (Lipinski definition) is 3. The van der Waals surface area contributed by atoms with E-state index in [0.717, 1.165) is 23.5 Å². The van der Waals surface area contributed by atoms with Crippen molar-refractivity contribution in [3.8, 4) is 5.75 Å². The van der Waals surface area contributed by atoms with Crippen molar-refractivity contribution in [2.24, 2.45) is 5.10 Å². The highest BCUT2D eigenvalue weighted by Gasteiger charge is 2.12. The maximum absolute atomic E-state index is 11.7. The van der Waals surface area contributed by atoms with Crippen LogP contribution < -0.4 is 10.7 Å². The average Bonchev–Trinajstić information content (AvgIpc) is 2.54. The molecular weight excluding hydrogens is 312 g/mol. The number of hydrogen-bond acceptors (Lipinski definition) is 6. The third-order valence-electron chi connectivity index (χ3n) is 3.11. The van der Waals surface area contributed by atoms with E-state index in [9.17, 15) is 20.0 Å². The maximum atomic E-state index is 11.7. The maximum Gasteiger partial charge on any atom is 0.278 e. The Hall–Kier alpha value is -3.42. The van der Waals surface area contributed by atoms with Crippen molar-refractivity contribution in [3.05, 3.63) is 63.7 Å². The molecule has 0 radical (unpaired) electrons. The highest BCUT2D eigenvalue weighted by molar-refractivity contribution is 5.88. The van der Waals surface area contributed by atoms with Gasteiger partial charge in [-0.05, 0) is 31.2 Å². The van der Waals surface area contributed by atoms with Gasteiger partial charge in [0.05, 0.1) is 23.2 Å². The molecular formula is C16H16N4O4. The third-order valence-corrected chi connectivity index (χ3v) is 3.11. The number of phenolic OH excluding ortho intramolecular Hbond substituents is 1. The van der Waals surface area contributed by atoms with E-state index >= 15 is 0 Å². The van der Waals surface area contributed by atoms with E-state index in [1.165, 1.54) is 12.1 Å². The fourth-order valence-corrected chi connectivity index (χ4v) is 1.88. The minimum Gasteiger partial charge on any atom is -0.508 e. The molecule has 0 aliphatic rings. The van der Waals surface area contributed by atoms with Gasteiger partial charge in [0.15, 0.2) is 0 Å². The van der Waals surface area contributed by atoms with Gasteiger partial charge in [-0.2, -0.15) is 5.10 Å². The minimum absolute atomic E-state index is 0.00251. The van der Waals surface area contributed by atoms with Gasteiger partial charge in [0, 0.05) is 11.8 Å². The molecule has 0 aliphatic heterocycles. The summed E-state index contributed by atoms with van der Waals surface area (Å²) in [5, 5.41) is 26.9. The lowest BCUT2D eigenvalue weighted by atomic mass is 10.2. The number of hydrazone groups is 1. The number of nitrogens with one attached hydrogen (secondary N) is 2. The summed E-state index contributed by atoms with van der Waals surface area (Å²) in [6.45, 7) is 1.97. The van der Waals surface area contributed by atoms with E-state index in [4.69, 9.17) is 0 Å². The van der Waals surface area contributed by atoms with E-state index in [0.29, 0.717) is 0 Å². The molecule has 2 aromatic carbocycles. The lowest BCUT2D eigenvalue weighted by Crippen LogP contribution is -2.25. The van der Waals surface area contributed by atoms with Crippen molar-refractivity contribution in [1.29, 1.82) is 0 Å². The number of carbonyl (C=O) groups is 1. The second kappa shape index (κ2) is 7.73. The van der Waals surface area contributed by atoms with E-state index in [1.54, 1.807) is 0 Å². The summed E-state index contributed by atoms with van der Waals surface area (Å²) in [6.07, 6.45) is 1.11. The first-order valence-electron chi connectivity index (χ1n) is 7.05. The molecule has 0 atom stereocenters. The Morgan fingerprint density at radius 1 is 1.29 bits per heavy atom. The van der Waals surface area contributed by atoms with Gasteiger partial charge in [-0.1, -0.05) is 17.7 Å². The third kappa shape index (κ3) is 4.80. The molecule has 24 heavy (non-hydrogen) atoms. The number of rotatable bonds is 6. The number of amides is 1. The van der Waals surface area contributed by atoms with E-state index < -0.39 is 10.8 Å². The number of nitro benzene ring substituents is 1. The van der Waals surface area contributed by atoms with Crippen LogP contribution in [0.15, 0.2) is 47.6 Å². The van der Waals surface area contributed by atoms with Gasteiger partial charge in [-0.15, -0.1) is 0 Å². The number of nitrogens with zero attached hydrogens (tertiary/aromatic N) is 2. The summed E-state index contributed by atoms with van der Waals surface area (Å²) in [4.78, 5) is 22.0. The van der Waals surface area contributed by atoms with E-state index in [1.807, 2.05) is 31.2 Å². The molecule has 0 saturated heterocycles. The molecule has 0 unspecified atom stereocenters. The molecule has 124 valence electrons. The Morgan fingerprint density at radius 3 is 2.67 bits per heavy atom. The number of carbonyl (C=O) groups excluding carboxylic acids is 1. The van der Waals surface area contributed by atoms with Crippen LogP contribution in [0.2, 0.25) is 0 Å². The fourth-order valence-electron chi connectivity index (χ4n) is 1.88.